The highest BCUT2D eigenvalue weighted by Gasteiger charge is 2.14. The molecule has 2 rings (SSSR count). The molecule has 0 aliphatic rings. The molecule has 0 saturated carbocycles. The second-order valence-corrected chi connectivity index (χ2v) is 3.93. The maximum atomic E-state index is 11.0. The van der Waals surface area contributed by atoms with Crippen LogP contribution in [0.25, 0.3) is 5.52 Å². The summed E-state index contributed by atoms with van der Waals surface area (Å²) in [5.41, 5.74) is 1.88. The van der Waals surface area contributed by atoms with Crippen molar-refractivity contribution in [1.29, 1.82) is 0 Å². The van der Waals surface area contributed by atoms with Crippen LogP contribution in [0.3, 0.4) is 0 Å². The van der Waals surface area contributed by atoms with Crippen LogP contribution < -0.4 is 0 Å². The summed E-state index contributed by atoms with van der Waals surface area (Å²) in [5, 5.41) is 13.1. The van der Waals surface area contributed by atoms with Crippen LogP contribution in [0.1, 0.15) is 15.9 Å². The van der Waals surface area contributed by atoms with Gasteiger partial charge in [-0.1, -0.05) is 6.07 Å². The number of hydrogen-bond donors (Lipinski definition) is 1. The van der Waals surface area contributed by atoms with E-state index in [0.717, 1.165) is 5.56 Å². The van der Waals surface area contributed by atoms with Gasteiger partial charge in [-0.3, -0.25) is 0 Å². The summed E-state index contributed by atoms with van der Waals surface area (Å²) in [6.07, 6.45) is 3.14. The molecule has 2 heterocycles. The molecule has 2 aromatic rings. The normalized spacial score (nSPS) is 11.2. The molecule has 0 aliphatic heterocycles. The Morgan fingerprint density at radius 2 is 2.31 bits per heavy atom. The summed E-state index contributed by atoms with van der Waals surface area (Å²) in [7, 11) is 3.89. The topological polar surface area (TPSA) is 57.8 Å². The van der Waals surface area contributed by atoms with Gasteiger partial charge < -0.3 is 10.0 Å². The van der Waals surface area contributed by atoms with Gasteiger partial charge in [-0.25, -0.2) is 9.31 Å². The van der Waals surface area contributed by atoms with E-state index in [4.69, 9.17) is 5.11 Å². The highest BCUT2D eigenvalue weighted by Crippen LogP contribution is 2.17. The van der Waals surface area contributed by atoms with E-state index in [-0.39, 0.29) is 5.56 Å². The van der Waals surface area contributed by atoms with Gasteiger partial charge in [0.25, 0.3) is 0 Å². The number of aromatic nitrogens is 2. The fourth-order valence-electron chi connectivity index (χ4n) is 1.74. The Hall–Kier alpha value is -1.88. The van der Waals surface area contributed by atoms with Crippen LogP contribution in [0.4, 0.5) is 0 Å². The van der Waals surface area contributed by atoms with Crippen molar-refractivity contribution >= 4 is 11.5 Å². The molecule has 0 saturated heterocycles. The minimum absolute atomic E-state index is 0.248. The van der Waals surface area contributed by atoms with E-state index in [9.17, 15) is 4.79 Å². The minimum atomic E-state index is -0.943. The van der Waals surface area contributed by atoms with Gasteiger partial charge in [0.05, 0.1) is 11.7 Å². The zero-order chi connectivity index (χ0) is 11.7. The number of pyridine rings is 1. The number of carbonyl (C=O) groups is 1. The molecule has 0 radical (unpaired) electrons. The van der Waals surface area contributed by atoms with Gasteiger partial charge in [0, 0.05) is 12.7 Å². The monoisotopic (exact) mass is 219 g/mol. The van der Waals surface area contributed by atoms with Crippen molar-refractivity contribution in [3.05, 3.63) is 35.7 Å². The van der Waals surface area contributed by atoms with E-state index < -0.39 is 5.97 Å². The lowest BCUT2D eigenvalue weighted by Crippen LogP contribution is -2.12. The van der Waals surface area contributed by atoms with Crippen molar-refractivity contribution in [2.45, 2.75) is 6.54 Å². The zero-order valence-corrected chi connectivity index (χ0v) is 9.21. The molecule has 0 unspecified atom stereocenters. The Morgan fingerprint density at radius 1 is 1.56 bits per heavy atom. The Labute approximate surface area is 92.9 Å². The van der Waals surface area contributed by atoms with E-state index in [0.29, 0.717) is 12.1 Å². The number of rotatable bonds is 3. The van der Waals surface area contributed by atoms with E-state index in [1.807, 2.05) is 31.1 Å². The summed E-state index contributed by atoms with van der Waals surface area (Å²) in [4.78, 5) is 13.0. The molecule has 0 atom stereocenters. The summed E-state index contributed by atoms with van der Waals surface area (Å²) in [6, 6.07) is 3.79. The molecule has 84 valence electrons. The summed E-state index contributed by atoms with van der Waals surface area (Å²) >= 11 is 0. The van der Waals surface area contributed by atoms with Gasteiger partial charge in [0.2, 0.25) is 0 Å². The average molecular weight is 219 g/mol. The number of nitrogens with zero attached hydrogens (tertiary/aromatic N) is 3. The highest BCUT2D eigenvalue weighted by molar-refractivity contribution is 5.96. The third-order valence-electron chi connectivity index (χ3n) is 2.34. The lowest BCUT2D eigenvalue weighted by molar-refractivity contribution is 0.0699. The van der Waals surface area contributed by atoms with Gasteiger partial charge >= 0.3 is 5.97 Å². The number of carboxylic acids is 1. The second-order valence-electron chi connectivity index (χ2n) is 3.93. The second kappa shape index (κ2) is 3.94. The molecule has 0 aromatic carbocycles. The summed E-state index contributed by atoms with van der Waals surface area (Å²) in [6.45, 7) is 0.691. The van der Waals surface area contributed by atoms with Gasteiger partial charge in [0.15, 0.2) is 0 Å². The Bertz CT molecular complexity index is 531. The van der Waals surface area contributed by atoms with Crippen molar-refractivity contribution in [2.75, 3.05) is 14.1 Å². The lowest BCUT2D eigenvalue weighted by atomic mass is 10.1. The molecule has 2 aromatic heterocycles. The van der Waals surface area contributed by atoms with Gasteiger partial charge in [-0.2, -0.15) is 5.10 Å². The SMILES string of the molecule is CN(C)Cc1cccn2ncc(C(=O)O)c12. The number of hydrogen-bond acceptors (Lipinski definition) is 3. The first kappa shape index (κ1) is 10.6. The summed E-state index contributed by atoms with van der Waals surface area (Å²) in [5.74, 6) is -0.943. The van der Waals surface area contributed by atoms with Crippen LogP contribution >= 0.6 is 0 Å². The first-order chi connectivity index (χ1) is 7.59. The Morgan fingerprint density at radius 3 is 2.94 bits per heavy atom. The third kappa shape index (κ3) is 1.77. The molecule has 5 heteroatoms. The largest absolute Gasteiger partial charge is 0.478 e. The maximum Gasteiger partial charge on any atom is 0.339 e. The van der Waals surface area contributed by atoms with Crippen LogP contribution in [-0.2, 0) is 6.54 Å². The predicted octanol–water partition coefficient (Wildman–Crippen LogP) is 1.09. The molecule has 0 fully saturated rings. The van der Waals surface area contributed by atoms with Crippen molar-refractivity contribution in [3.63, 3.8) is 0 Å². The number of aromatic carboxylic acids is 1. The first-order valence-electron chi connectivity index (χ1n) is 4.93. The molecule has 0 amide bonds. The number of fused-ring (bicyclic) bond motifs is 1. The molecule has 0 bridgehead atoms. The van der Waals surface area contributed by atoms with Gasteiger partial charge in [0.1, 0.15) is 5.56 Å². The molecule has 16 heavy (non-hydrogen) atoms. The van der Waals surface area contributed by atoms with E-state index in [1.165, 1.54) is 6.20 Å². The van der Waals surface area contributed by atoms with Crippen molar-refractivity contribution in [1.82, 2.24) is 14.5 Å². The standard InChI is InChI=1S/C11H13N3O2/c1-13(2)7-8-4-3-5-14-10(8)9(6-12-14)11(15)16/h3-6H,7H2,1-2H3,(H,15,16). The molecule has 0 aliphatic carbocycles. The van der Waals surface area contributed by atoms with E-state index >= 15 is 0 Å². The van der Waals surface area contributed by atoms with Crippen LogP contribution in [0, 0.1) is 0 Å². The van der Waals surface area contributed by atoms with Crippen LogP contribution in [0.2, 0.25) is 0 Å². The lowest BCUT2D eigenvalue weighted by Gasteiger charge is -2.11. The summed E-state index contributed by atoms with van der Waals surface area (Å²) < 4.78 is 1.60. The zero-order valence-electron chi connectivity index (χ0n) is 9.21. The van der Waals surface area contributed by atoms with E-state index in [2.05, 4.69) is 5.10 Å². The number of carboxylic acid groups (broad SMARTS) is 1. The highest BCUT2D eigenvalue weighted by atomic mass is 16.4. The molecular formula is C11H13N3O2. The fraction of sp³-hybridized carbons (Fsp3) is 0.273. The molecule has 1 N–H and O–H groups in total. The molecular weight excluding hydrogens is 206 g/mol. The van der Waals surface area contributed by atoms with Crippen LogP contribution in [0.5, 0.6) is 0 Å². The molecule has 5 nitrogen and oxygen atoms in total. The smallest absolute Gasteiger partial charge is 0.339 e. The van der Waals surface area contributed by atoms with Crippen molar-refractivity contribution in [3.8, 4) is 0 Å². The molecule has 0 spiro atoms. The quantitative estimate of drug-likeness (QED) is 0.839. The predicted molar refractivity (Wildman–Crippen MR) is 59.5 cm³/mol. The fourth-order valence-corrected chi connectivity index (χ4v) is 1.74. The third-order valence-corrected chi connectivity index (χ3v) is 2.34. The minimum Gasteiger partial charge on any atom is -0.478 e. The van der Waals surface area contributed by atoms with Crippen LogP contribution in [0.15, 0.2) is 24.5 Å². The van der Waals surface area contributed by atoms with Gasteiger partial charge in [-0.05, 0) is 25.7 Å². The van der Waals surface area contributed by atoms with E-state index in [1.54, 1.807) is 10.7 Å². The Balaban J connectivity index is 2.63. The Kier molecular flexibility index (Phi) is 2.62. The van der Waals surface area contributed by atoms with Gasteiger partial charge in [-0.15, -0.1) is 0 Å². The first-order valence-corrected chi connectivity index (χ1v) is 4.93. The maximum absolute atomic E-state index is 11.0. The average Bonchev–Trinajstić information content (AvgIpc) is 2.61. The van der Waals surface area contributed by atoms with Crippen molar-refractivity contribution < 1.29 is 9.90 Å². The van der Waals surface area contributed by atoms with Crippen molar-refractivity contribution in [2.24, 2.45) is 0 Å². The van der Waals surface area contributed by atoms with Crippen LogP contribution in [-0.4, -0.2) is 39.7 Å².